The molecule has 6 heteroatoms. The normalized spacial score (nSPS) is 23.6. The van der Waals surface area contributed by atoms with Crippen molar-refractivity contribution in [3.05, 3.63) is 78.4 Å². The molecule has 28 heavy (non-hydrogen) atoms. The van der Waals surface area contributed by atoms with Crippen molar-refractivity contribution in [1.29, 1.82) is 0 Å². The van der Waals surface area contributed by atoms with Gasteiger partial charge in [0.05, 0.1) is 18.8 Å². The number of hydrogen-bond donors (Lipinski definition) is 0. The summed E-state index contributed by atoms with van der Waals surface area (Å²) < 4.78 is 7.43. The molecule has 142 valence electrons. The van der Waals surface area contributed by atoms with Gasteiger partial charge in [0, 0.05) is 36.1 Å². The summed E-state index contributed by atoms with van der Waals surface area (Å²) in [5, 5.41) is 1.71. The number of nitrogens with zero attached hydrogens (tertiary/aromatic N) is 4. The lowest BCUT2D eigenvalue weighted by molar-refractivity contribution is 0.321. The number of aromatic nitrogens is 2. The van der Waals surface area contributed by atoms with Gasteiger partial charge in [0.25, 0.3) is 0 Å². The molecule has 3 aromatic rings. The van der Waals surface area contributed by atoms with Crippen molar-refractivity contribution in [3.63, 3.8) is 0 Å². The second kappa shape index (κ2) is 7.02. The molecular formula is C22H22N4OS. The van der Waals surface area contributed by atoms with Crippen LogP contribution < -0.4 is 4.74 Å². The van der Waals surface area contributed by atoms with Crippen molar-refractivity contribution >= 4 is 16.9 Å². The molecule has 1 aromatic carbocycles. The molecule has 3 atom stereocenters. The van der Waals surface area contributed by atoms with Gasteiger partial charge in [0.2, 0.25) is 0 Å². The minimum absolute atomic E-state index is 0.0305. The van der Waals surface area contributed by atoms with Crippen LogP contribution in [0.15, 0.2) is 72.1 Å². The molecule has 5 nitrogen and oxygen atoms in total. The molecule has 2 aliphatic rings. The fraction of sp³-hybridized carbons (Fsp3) is 0.273. The Kier molecular flexibility index (Phi) is 4.36. The Morgan fingerprint density at radius 1 is 1.11 bits per heavy atom. The van der Waals surface area contributed by atoms with Gasteiger partial charge in [-0.25, -0.2) is 0 Å². The minimum atomic E-state index is 0.0305. The molecule has 0 unspecified atom stereocenters. The van der Waals surface area contributed by atoms with Crippen LogP contribution >= 0.6 is 11.8 Å². The lowest BCUT2D eigenvalue weighted by Crippen LogP contribution is -2.28. The predicted molar refractivity (Wildman–Crippen MR) is 113 cm³/mol. The molecule has 1 fully saturated rings. The molecule has 0 amide bonds. The van der Waals surface area contributed by atoms with Crippen LogP contribution in [-0.2, 0) is 0 Å². The molecule has 2 aromatic heterocycles. The Labute approximate surface area is 169 Å². The summed E-state index contributed by atoms with van der Waals surface area (Å²) in [6, 6.07) is 16.6. The summed E-state index contributed by atoms with van der Waals surface area (Å²) in [6.45, 7) is 3.28. The Morgan fingerprint density at radius 3 is 2.71 bits per heavy atom. The highest BCUT2D eigenvalue weighted by Crippen LogP contribution is 2.47. The summed E-state index contributed by atoms with van der Waals surface area (Å²) in [5.74, 6) is 0.864. The first-order chi connectivity index (χ1) is 13.7. The minimum Gasteiger partial charge on any atom is -0.497 e. The highest BCUT2D eigenvalue weighted by Gasteiger charge is 2.43. The summed E-state index contributed by atoms with van der Waals surface area (Å²) in [4.78, 5) is 12.1. The van der Waals surface area contributed by atoms with Gasteiger partial charge in [-0.05, 0) is 48.0 Å². The van der Waals surface area contributed by atoms with E-state index in [4.69, 9.17) is 9.73 Å². The van der Waals surface area contributed by atoms with Gasteiger partial charge < -0.3 is 14.2 Å². The number of benzene rings is 1. The van der Waals surface area contributed by atoms with E-state index in [9.17, 15) is 0 Å². The topological polar surface area (TPSA) is 42.6 Å². The number of rotatable bonds is 4. The van der Waals surface area contributed by atoms with Gasteiger partial charge in [-0.2, -0.15) is 0 Å². The third-order valence-electron chi connectivity index (χ3n) is 5.31. The summed E-state index contributed by atoms with van der Waals surface area (Å²) in [7, 11) is 1.69. The molecule has 0 spiro atoms. The van der Waals surface area contributed by atoms with E-state index in [1.807, 2.05) is 42.2 Å². The van der Waals surface area contributed by atoms with Crippen LogP contribution in [0, 0.1) is 0 Å². The maximum absolute atomic E-state index is 5.27. The van der Waals surface area contributed by atoms with Crippen molar-refractivity contribution in [1.82, 2.24) is 14.5 Å². The summed E-state index contributed by atoms with van der Waals surface area (Å²) in [5.41, 5.74) is 3.41. The monoisotopic (exact) mass is 390 g/mol. The van der Waals surface area contributed by atoms with Gasteiger partial charge in [0.15, 0.2) is 5.17 Å². The molecule has 5 rings (SSSR count). The van der Waals surface area contributed by atoms with E-state index in [1.54, 1.807) is 7.11 Å². The molecule has 0 bridgehead atoms. The van der Waals surface area contributed by atoms with Gasteiger partial charge in [-0.3, -0.25) is 9.98 Å². The van der Waals surface area contributed by atoms with Crippen LogP contribution in [0.4, 0.5) is 0 Å². The van der Waals surface area contributed by atoms with Gasteiger partial charge in [-0.15, -0.1) is 0 Å². The van der Waals surface area contributed by atoms with E-state index in [0.717, 1.165) is 28.8 Å². The molecule has 2 aliphatic heterocycles. The van der Waals surface area contributed by atoms with Gasteiger partial charge in [-0.1, -0.05) is 24.8 Å². The number of methoxy groups -OCH3 is 1. The first kappa shape index (κ1) is 17.4. The van der Waals surface area contributed by atoms with Crippen LogP contribution in [0.25, 0.3) is 5.69 Å². The average Bonchev–Trinajstić information content (AvgIpc) is 3.43. The molecule has 0 saturated carbocycles. The second-order valence-corrected chi connectivity index (χ2v) is 8.59. The van der Waals surface area contributed by atoms with E-state index in [-0.39, 0.29) is 12.1 Å². The van der Waals surface area contributed by atoms with Crippen LogP contribution in [0.5, 0.6) is 5.75 Å². The third-order valence-corrected chi connectivity index (χ3v) is 6.41. The van der Waals surface area contributed by atoms with E-state index in [1.165, 1.54) is 5.56 Å². The highest BCUT2D eigenvalue weighted by atomic mass is 32.2. The first-order valence-electron chi connectivity index (χ1n) is 9.47. The smallest absolute Gasteiger partial charge is 0.160 e. The summed E-state index contributed by atoms with van der Waals surface area (Å²) >= 11 is 1.87. The van der Waals surface area contributed by atoms with E-state index in [2.05, 4.69) is 58.0 Å². The zero-order chi connectivity index (χ0) is 19.1. The van der Waals surface area contributed by atoms with Crippen LogP contribution in [-0.4, -0.2) is 38.5 Å². The third kappa shape index (κ3) is 2.98. The number of fused-ring (bicyclic) bond motifs is 1. The van der Waals surface area contributed by atoms with Crippen LogP contribution in [0.3, 0.4) is 0 Å². The van der Waals surface area contributed by atoms with Crippen molar-refractivity contribution in [3.8, 4) is 11.4 Å². The molecule has 0 aliphatic carbocycles. The Bertz CT molecular complexity index is 999. The average molecular weight is 391 g/mol. The molecule has 1 saturated heterocycles. The van der Waals surface area contributed by atoms with Crippen LogP contribution in [0.1, 0.15) is 30.3 Å². The molecular weight excluding hydrogens is 368 g/mol. The Balaban J connectivity index is 1.50. The number of pyridine rings is 1. The van der Waals surface area contributed by atoms with Crippen molar-refractivity contribution in [2.45, 2.75) is 24.3 Å². The van der Waals surface area contributed by atoms with Gasteiger partial charge >= 0.3 is 0 Å². The van der Waals surface area contributed by atoms with Crippen molar-refractivity contribution in [2.75, 3.05) is 13.7 Å². The quantitative estimate of drug-likeness (QED) is 0.659. The zero-order valence-corrected chi connectivity index (χ0v) is 16.7. The number of thioether (sulfide) groups is 1. The fourth-order valence-corrected chi connectivity index (χ4v) is 5.07. The fourth-order valence-electron chi connectivity index (χ4n) is 3.98. The number of ether oxygens (including phenoxy) is 1. The van der Waals surface area contributed by atoms with E-state index in [0.29, 0.717) is 5.25 Å². The summed E-state index contributed by atoms with van der Waals surface area (Å²) in [6.07, 6.45) is 6.19. The maximum atomic E-state index is 5.27. The highest BCUT2D eigenvalue weighted by molar-refractivity contribution is 8.14. The largest absolute Gasteiger partial charge is 0.497 e. The van der Waals surface area contributed by atoms with E-state index >= 15 is 0 Å². The first-order valence-corrected chi connectivity index (χ1v) is 10.4. The number of aliphatic imine (C=N–C) groups is 1. The zero-order valence-electron chi connectivity index (χ0n) is 15.9. The number of hydrogen-bond acceptors (Lipinski definition) is 5. The Morgan fingerprint density at radius 2 is 1.96 bits per heavy atom. The second-order valence-electron chi connectivity index (χ2n) is 7.19. The van der Waals surface area contributed by atoms with Crippen molar-refractivity contribution < 1.29 is 4.74 Å². The molecule has 4 heterocycles. The van der Waals surface area contributed by atoms with Crippen LogP contribution in [0.2, 0.25) is 0 Å². The SMILES string of the molecule is COc1ccc(-n2ccc([C@@H]3[C@@H](c4ccccn4)N=C4S[C@H](C)CN43)c2)cc1. The standard InChI is InChI=1S/C22H22N4OS/c1-15-13-26-21(20(24-22(26)28-15)19-5-3-4-11-23-19)16-10-12-25(14-16)17-6-8-18(27-2)9-7-17/h3-12,14-15,20-21H,13H2,1-2H3/t15-,20-,21-/m1/s1. The van der Waals surface area contributed by atoms with E-state index < -0.39 is 0 Å². The van der Waals surface area contributed by atoms with Crippen molar-refractivity contribution in [2.24, 2.45) is 4.99 Å². The Hall–Kier alpha value is -2.73. The lowest BCUT2D eigenvalue weighted by Gasteiger charge is -2.26. The van der Waals surface area contributed by atoms with Gasteiger partial charge in [0.1, 0.15) is 11.8 Å². The molecule has 0 N–H and O–H groups in total. The maximum Gasteiger partial charge on any atom is 0.160 e. The number of amidine groups is 1. The lowest BCUT2D eigenvalue weighted by atomic mass is 9.99. The predicted octanol–water partition coefficient (Wildman–Crippen LogP) is 4.47. The molecule has 0 radical (unpaired) electrons.